The summed E-state index contributed by atoms with van der Waals surface area (Å²) in [6.45, 7) is 0. The van der Waals surface area contributed by atoms with Crippen LogP contribution in [0.1, 0.15) is 25.7 Å². The molecule has 0 bridgehead atoms. The van der Waals surface area contributed by atoms with Gasteiger partial charge in [-0.15, -0.1) is 0 Å². The summed E-state index contributed by atoms with van der Waals surface area (Å²) >= 11 is 35.6. The van der Waals surface area contributed by atoms with E-state index < -0.39 is 0 Å². The van der Waals surface area contributed by atoms with Gasteiger partial charge in [-0.25, -0.2) is 0 Å². The van der Waals surface area contributed by atoms with Crippen LogP contribution in [-0.2, 0) is 9.59 Å². The van der Waals surface area contributed by atoms with Gasteiger partial charge >= 0.3 is 0 Å². The fraction of sp³-hybridized carbons (Fsp3) is 0.222. The lowest BCUT2D eigenvalue weighted by Crippen LogP contribution is -2.13. The van der Waals surface area contributed by atoms with Gasteiger partial charge in [0.2, 0.25) is 11.8 Å². The minimum absolute atomic E-state index is 0.220. The second-order valence-corrected chi connectivity index (χ2v) is 8.24. The van der Waals surface area contributed by atoms with Gasteiger partial charge in [-0.3, -0.25) is 9.59 Å². The predicted molar refractivity (Wildman–Crippen MR) is 119 cm³/mol. The van der Waals surface area contributed by atoms with Crippen LogP contribution in [-0.4, -0.2) is 11.8 Å². The zero-order valence-corrected chi connectivity index (χ0v) is 18.8. The average molecular weight is 503 g/mol. The van der Waals surface area contributed by atoms with E-state index in [0.29, 0.717) is 54.4 Å². The molecule has 0 fully saturated rings. The number of amides is 2. The third-order valence-corrected chi connectivity index (χ3v) is 5.70. The number of carbonyl (C=O) groups is 2. The number of carbonyl (C=O) groups excluding carboxylic acids is 2. The largest absolute Gasteiger partial charge is 0.325 e. The Morgan fingerprint density at radius 1 is 0.571 bits per heavy atom. The van der Waals surface area contributed by atoms with Gasteiger partial charge in [-0.05, 0) is 37.1 Å². The van der Waals surface area contributed by atoms with Crippen LogP contribution >= 0.6 is 69.6 Å². The quantitative estimate of drug-likeness (QED) is 0.300. The van der Waals surface area contributed by atoms with E-state index in [0.717, 1.165) is 0 Å². The van der Waals surface area contributed by atoms with Crippen molar-refractivity contribution in [3.05, 3.63) is 54.4 Å². The van der Waals surface area contributed by atoms with Gasteiger partial charge in [-0.2, -0.15) is 0 Å². The standard InChI is InChI=1S/C18H14Cl6N2O2/c19-9-5-13(23)15(7-11(9)21)25-17(27)3-1-2-4-18(28)26-16-8-12(22)10(20)6-14(16)24/h5-8H,1-4H2,(H,25,27)(H,26,28). The van der Waals surface area contributed by atoms with Crippen molar-refractivity contribution in [1.82, 2.24) is 0 Å². The number of hydrogen-bond acceptors (Lipinski definition) is 2. The summed E-state index contributed by atoms with van der Waals surface area (Å²) in [5.74, 6) is -0.485. The van der Waals surface area contributed by atoms with Crippen LogP contribution in [0.2, 0.25) is 30.1 Å². The van der Waals surface area contributed by atoms with Crippen LogP contribution in [0.3, 0.4) is 0 Å². The van der Waals surface area contributed by atoms with Crippen LogP contribution in [0.15, 0.2) is 24.3 Å². The molecule has 10 heteroatoms. The summed E-state index contributed by atoms with van der Waals surface area (Å²) in [6, 6.07) is 5.89. The number of unbranched alkanes of at least 4 members (excludes halogenated alkanes) is 1. The van der Waals surface area contributed by atoms with Crippen molar-refractivity contribution < 1.29 is 9.59 Å². The number of rotatable bonds is 7. The minimum Gasteiger partial charge on any atom is -0.325 e. The second-order valence-electron chi connectivity index (χ2n) is 5.80. The van der Waals surface area contributed by atoms with Gasteiger partial charge in [0.25, 0.3) is 0 Å². The maximum atomic E-state index is 12.0. The van der Waals surface area contributed by atoms with Gasteiger partial charge in [0, 0.05) is 12.8 Å². The number of anilines is 2. The molecule has 0 aliphatic heterocycles. The molecule has 0 aromatic heterocycles. The monoisotopic (exact) mass is 500 g/mol. The van der Waals surface area contributed by atoms with Crippen LogP contribution in [0.25, 0.3) is 0 Å². The maximum Gasteiger partial charge on any atom is 0.224 e. The van der Waals surface area contributed by atoms with Crippen molar-refractivity contribution in [2.24, 2.45) is 0 Å². The highest BCUT2D eigenvalue weighted by atomic mass is 35.5. The Kier molecular flexibility index (Phi) is 9.00. The lowest BCUT2D eigenvalue weighted by atomic mass is 10.1. The van der Waals surface area contributed by atoms with Crippen molar-refractivity contribution >= 4 is 92.8 Å². The highest BCUT2D eigenvalue weighted by Gasteiger charge is 2.11. The summed E-state index contributed by atoms with van der Waals surface area (Å²) in [7, 11) is 0. The summed E-state index contributed by atoms with van der Waals surface area (Å²) in [5.41, 5.74) is 0.765. The molecule has 0 heterocycles. The Hall–Kier alpha value is -0.880. The summed E-state index contributed by atoms with van der Waals surface area (Å²) in [4.78, 5) is 24.0. The maximum absolute atomic E-state index is 12.0. The van der Waals surface area contributed by atoms with Gasteiger partial charge in [0.05, 0.1) is 41.5 Å². The molecular weight excluding hydrogens is 489 g/mol. The highest BCUT2D eigenvalue weighted by molar-refractivity contribution is 6.44. The minimum atomic E-state index is -0.242. The van der Waals surface area contributed by atoms with Crippen LogP contribution in [0, 0.1) is 0 Å². The first kappa shape index (κ1) is 23.4. The Balaban J connectivity index is 1.76. The Morgan fingerprint density at radius 3 is 1.25 bits per heavy atom. The molecule has 0 unspecified atom stereocenters. The number of benzene rings is 2. The van der Waals surface area contributed by atoms with E-state index in [-0.39, 0.29) is 24.7 Å². The van der Waals surface area contributed by atoms with Gasteiger partial charge in [0.1, 0.15) is 0 Å². The van der Waals surface area contributed by atoms with Crippen LogP contribution in [0.5, 0.6) is 0 Å². The second kappa shape index (κ2) is 10.8. The van der Waals surface area contributed by atoms with E-state index >= 15 is 0 Å². The zero-order valence-electron chi connectivity index (χ0n) is 14.2. The normalized spacial score (nSPS) is 10.6. The van der Waals surface area contributed by atoms with E-state index in [4.69, 9.17) is 69.6 Å². The molecule has 2 amide bonds. The third-order valence-electron chi connectivity index (χ3n) is 3.63. The molecule has 0 saturated heterocycles. The first-order valence-corrected chi connectivity index (χ1v) is 10.3. The van der Waals surface area contributed by atoms with E-state index in [9.17, 15) is 9.59 Å². The van der Waals surface area contributed by atoms with E-state index in [1.807, 2.05) is 0 Å². The first-order chi connectivity index (χ1) is 13.2. The van der Waals surface area contributed by atoms with Crippen molar-refractivity contribution in [3.63, 3.8) is 0 Å². The summed E-state index contributed by atoms with van der Waals surface area (Å²) in [6.07, 6.45) is 1.45. The number of hydrogen-bond donors (Lipinski definition) is 2. The molecule has 2 rings (SSSR count). The molecule has 2 aromatic rings. The van der Waals surface area contributed by atoms with Crippen molar-refractivity contribution in [2.45, 2.75) is 25.7 Å². The zero-order chi connectivity index (χ0) is 20.8. The smallest absolute Gasteiger partial charge is 0.224 e. The van der Waals surface area contributed by atoms with Gasteiger partial charge in [0.15, 0.2) is 0 Å². The van der Waals surface area contributed by atoms with Gasteiger partial charge < -0.3 is 10.6 Å². The lowest BCUT2D eigenvalue weighted by molar-refractivity contribution is -0.118. The molecular formula is C18H14Cl6N2O2. The Morgan fingerprint density at radius 2 is 0.893 bits per heavy atom. The SMILES string of the molecule is O=C(CCCCC(=O)Nc1cc(Cl)c(Cl)cc1Cl)Nc1cc(Cl)c(Cl)cc1Cl. The topological polar surface area (TPSA) is 58.2 Å². The number of halogens is 6. The van der Waals surface area contributed by atoms with E-state index in [1.54, 1.807) is 0 Å². The average Bonchev–Trinajstić information content (AvgIpc) is 2.61. The first-order valence-electron chi connectivity index (χ1n) is 8.06. The molecule has 0 radical (unpaired) electrons. The fourth-order valence-corrected chi connectivity index (χ4v) is 3.42. The van der Waals surface area contributed by atoms with Gasteiger partial charge in [-0.1, -0.05) is 69.6 Å². The molecule has 150 valence electrons. The summed E-state index contributed by atoms with van der Waals surface area (Å²) < 4.78 is 0. The molecule has 0 aliphatic carbocycles. The van der Waals surface area contributed by atoms with Crippen molar-refractivity contribution in [1.29, 1.82) is 0 Å². The predicted octanol–water partition coefficient (Wildman–Crippen LogP) is 7.74. The molecule has 0 atom stereocenters. The van der Waals surface area contributed by atoms with Crippen molar-refractivity contribution in [2.75, 3.05) is 10.6 Å². The molecule has 0 spiro atoms. The third kappa shape index (κ3) is 6.87. The molecule has 2 aromatic carbocycles. The highest BCUT2D eigenvalue weighted by Crippen LogP contribution is 2.33. The fourth-order valence-electron chi connectivity index (χ4n) is 2.23. The molecule has 2 N–H and O–H groups in total. The van der Waals surface area contributed by atoms with Crippen LogP contribution < -0.4 is 10.6 Å². The summed E-state index contributed by atoms with van der Waals surface area (Å²) in [5, 5.41) is 7.11. The van der Waals surface area contributed by atoms with E-state index in [2.05, 4.69) is 10.6 Å². The molecule has 0 aliphatic rings. The Bertz CT molecular complexity index is 831. The lowest BCUT2D eigenvalue weighted by Gasteiger charge is -2.10. The van der Waals surface area contributed by atoms with Crippen molar-refractivity contribution in [3.8, 4) is 0 Å². The molecule has 0 saturated carbocycles. The Labute approximate surface area is 192 Å². The van der Waals surface area contributed by atoms with Crippen LogP contribution in [0.4, 0.5) is 11.4 Å². The number of nitrogens with one attached hydrogen (secondary N) is 2. The molecule has 28 heavy (non-hydrogen) atoms. The molecule has 4 nitrogen and oxygen atoms in total. The van der Waals surface area contributed by atoms with E-state index in [1.165, 1.54) is 24.3 Å².